The molecule has 0 amide bonds. The highest BCUT2D eigenvalue weighted by atomic mass is 14.9. The summed E-state index contributed by atoms with van der Waals surface area (Å²) >= 11 is 0. The summed E-state index contributed by atoms with van der Waals surface area (Å²) in [6.07, 6.45) is 1.82. The molecular formula is C29H21N3. The van der Waals surface area contributed by atoms with Crippen LogP contribution >= 0.6 is 0 Å². The number of hydrogen-bond acceptors (Lipinski definition) is 2. The van der Waals surface area contributed by atoms with Crippen molar-refractivity contribution in [1.29, 1.82) is 0 Å². The lowest BCUT2D eigenvalue weighted by Gasteiger charge is -2.12. The van der Waals surface area contributed by atoms with Crippen LogP contribution in [-0.4, -0.2) is 14.5 Å². The molecule has 0 N–H and O–H groups in total. The van der Waals surface area contributed by atoms with Crippen LogP contribution in [0.4, 0.5) is 0 Å². The summed E-state index contributed by atoms with van der Waals surface area (Å²) in [5.74, 6) is 0. The van der Waals surface area contributed by atoms with Gasteiger partial charge in [0.05, 0.1) is 17.1 Å². The highest BCUT2D eigenvalue weighted by Gasteiger charge is 2.15. The number of hydrogen-bond donors (Lipinski definition) is 0. The van der Waals surface area contributed by atoms with Crippen LogP contribution < -0.4 is 0 Å². The zero-order valence-electron chi connectivity index (χ0n) is 17.7. The van der Waals surface area contributed by atoms with Crippen LogP contribution in [0.5, 0.6) is 0 Å². The van der Waals surface area contributed by atoms with E-state index < -0.39 is 0 Å². The van der Waals surface area contributed by atoms with E-state index in [9.17, 15) is 0 Å². The van der Waals surface area contributed by atoms with E-state index in [0.717, 1.165) is 33.8 Å². The van der Waals surface area contributed by atoms with Gasteiger partial charge in [-0.2, -0.15) is 0 Å². The van der Waals surface area contributed by atoms with Crippen LogP contribution in [0.1, 0.15) is 0 Å². The second-order valence-electron chi connectivity index (χ2n) is 7.98. The maximum Gasteiger partial charge on any atom is 0.0971 e. The minimum absolute atomic E-state index is 0.873. The summed E-state index contributed by atoms with van der Waals surface area (Å²) in [5.41, 5.74) is 8.50. The van der Waals surface area contributed by atoms with Crippen LogP contribution in [0.25, 0.3) is 55.6 Å². The number of rotatable bonds is 3. The quantitative estimate of drug-likeness (QED) is 0.310. The fourth-order valence-corrected chi connectivity index (χ4v) is 4.50. The monoisotopic (exact) mass is 411 g/mol. The van der Waals surface area contributed by atoms with Crippen LogP contribution in [0.15, 0.2) is 109 Å². The molecule has 32 heavy (non-hydrogen) atoms. The molecule has 3 nitrogen and oxygen atoms in total. The molecule has 0 aliphatic carbocycles. The van der Waals surface area contributed by atoms with Crippen molar-refractivity contribution in [2.45, 2.75) is 0 Å². The summed E-state index contributed by atoms with van der Waals surface area (Å²) in [5, 5.41) is 2.51. The first-order chi connectivity index (χ1) is 15.8. The summed E-state index contributed by atoms with van der Waals surface area (Å²) in [6.45, 7) is 0. The Labute approximate surface area is 186 Å². The smallest absolute Gasteiger partial charge is 0.0971 e. The maximum atomic E-state index is 5.07. The SMILES string of the molecule is Cn1c2ccccc2c2cc(-c3ccc(-c4ccccc4)nc3-c3ccccn3)ccc21. The molecule has 0 saturated heterocycles. The maximum absolute atomic E-state index is 5.07. The largest absolute Gasteiger partial charge is 0.344 e. The van der Waals surface area contributed by atoms with Gasteiger partial charge in [-0.05, 0) is 48.0 Å². The van der Waals surface area contributed by atoms with Crippen molar-refractivity contribution in [3.8, 4) is 33.8 Å². The van der Waals surface area contributed by atoms with Crippen LogP contribution in [0, 0.1) is 0 Å². The topological polar surface area (TPSA) is 30.7 Å². The van der Waals surface area contributed by atoms with Crippen molar-refractivity contribution in [2.75, 3.05) is 0 Å². The zero-order valence-corrected chi connectivity index (χ0v) is 17.7. The average molecular weight is 412 g/mol. The zero-order chi connectivity index (χ0) is 21.5. The predicted octanol–water partition coefficient (Wildman–Crippen LogP) is 7.12. The third-order valence-electron chi connectivity index (χ3n) is 6.10. The van der Waals surface area contributed by atoms with Gasteiger partial charge in [-0.3, -0.25) is 4.98 Å². The van der Waals surface area contributed by atoms with Crippen molar-refractivity contribution in [3.63, 3.8) is 0 Å². The molecule has 0 radical (unpaired) electrons. The Morgan fingerprint density at radius 3 is 2.22 bits per heavy atom. The fourth-order valence-electron chi connectivity index (χ4n) is 4.50. The molecular weight excluding hydrogens is 390 g/mol. The number of pyridine rings is 2. The van der Waals surface area contributed by atoms with E-state index in [1.54, 1.807) is 0 Å². The Balaban J connectivity index is 1.59. The van der Waals surface area contributed by atoms with Crippen molar-refractivity contribution >= 4 is 21.8 Å². The molecule has 0 saturated carbocycles. The van der Waals surface area contributed by atoms with Gasteiger partial charge in [-0.25, -0.2) is 4.98 Å². The predicted molar refractivity (Wildman–Crippen MR) is 132 cm³/mol. The van der Waals surface area contributed by atoms with Gasteiger partial charge < -0.3 is 4.57 Å². The van der Waals surface area contributed by atoms with E-state index in [4.69, 9.17) is 4.98 Å². The molecule has 3 aromatic heterocycles. The minimum Gasteiger partial charge on any atom is -0.344 e. The summed E-state index contributed by atoms with van der Waals surface area (Å²) in [4.78, 5) is 9.69. The molecule has 6 aromatic rings. The molecule has 0 fully saturated rings. The van der Waals surface area contributed by atoms with Crippen LogP contribution in [0.2, 0.25) is 0 Å². The van der Waals surface area contributed by atoms with Gasteiger partial charge in [-0.1, -0.05) is 60.7 Å². The Bertz CT molecular complexity index is 1560. The molecule has 6 rings (SSSR count). The van der Waals surface area contributed by atoms with Gasteiger partial charge in [-0.15, -0.1) is 0 Å². The van der Waals surface area contributed by atoms with Gasteiger partial charge in [0.25, 0.3) is 0 Å². The van der Waals surface area contributed by atoms with Crippen molar-refractivity contribution < 1.29 is 0 Å². The second-order valence-corrected chi connectivity index (χ2v) is 7.98. The Morgan fingerprint density at radius 1 is 0.594 bits per heavy atom. The van der Waals surface area contributed by atoms with Gasteiger partial charge >= 0.3 is 0 Å². The molecule has 0 spiro atoms. The average Bonchev–Trinajstić information content (AvgIpc) is 3.16. The molecule has 152 valence electrons. The van der Waals surface area contributed by atoms with Gasteiger partial charge in [0, 0.05) is 46.2 Å². The number of para-hydroxylation sites is 1. The standard InChI is InChI=1S/C29H21N3/c1-32-27-13-6-5-11-23(27)24-19-21(14-17-28(24)32)22-15-16-25(20-9-3-2-4-10-20)31-29(22)26-12-7-8-18-30-26/h2-19H,1H3. The van der Waals surface area contributed by atoms with E-state index in [0.29, 0.717) is 0 Å². The number of fused-ring (bicyclic) bond motifs is 3. The molecule has 3 aromatic carbocycles. The van der Waals surface area contributed by atoms with E-state index in [1.807, 2.05) is 42.6 Å². The lowest BCUT2D eigenvalue weighted by molar-refractivity contribution is 1.01. The van der Waals surface area contributed by atoms with Gasteiger partial charge in [0.2, 0.25) is 0 Å². The molecule has 0 unspecified atom stereocenters. The number of nitrogens with zero attached hydrogens (tertiary/aromatic N) is 3. The minimum atomic E-state index is 0.873. The van der Waals surface area contributed by atoms with Gasteiger partial charge in [0.1, 0.15) is 0 Å². The second kappa shape index (κ2) is 7.47. The lowest BCUT2D eigenvalue weighted by Crippen LogP contribution is -1.94. The first-order valence-electron chi connectivity index (χ1n) is 10.7. The van der Waals surface area contributed by atoms with Crippen molar-refractivity contribution in [1.82, 2.24) is 14.5 Å². The Kier molecular flexibility index (Phi) is 4.32. The normalized spacial score (nSPS) is 11.3. The van der Waals surface area contributed by atoms with E-state index >= 15 is 0 Å². The van der Waals surface area contributed by atoms with E-state index in [-0.39, 0.29) is 0 Å². The van der Waals surface area contributed by atoms with Crippen molar-refractivity contribution in [2.24, 2.45) is 7.05 Å². The number of benzene rings is 3. The number of aromatic nitrogens is 3. The third kappa shape index (κ3) is 2.98. The molecule has 0 aliphatic heterocycles. The Hall–Kier alpha value is -4.24. The van der Waals surface area contributed by atoms with Crippen LogP contribution in [0.3, 0.4) is 0 Å². The summed E-state index contributed by atoms with van der Waals surface area (Å²) in [6, 6.07) is 35.8. The molecule has 0 atom stereocenters. The lowest BCUT2D eigenvalue weighted by atomic mass is 9.98. The first-order valence-corrected chi connectivity index (χ1v) is 10.7. The highest BCUT2D eigenvalue weighted by molar-refractivity contribution is 6.09. The number of aryl methyl sites for hydroxylation is 1. The van der Waals surface area contributed by atoms with Gasteiger partial charge in [0.15, 0.2) is 0 Å². The molecule has 0 bridgehead atoms. The highest BCUT2D eigenvalue weighted by Crippen LogP contribution is 2.36. The van der Waals surface area contributed by atoms with E-state index in [1.165, 1.54) is 21.8 Å². The summed E-state index contributed by atoms with van der Waals surface area (Å²) < 4.78 is 2.25. The fraction of sp³-hybridized carbons (Fsp3) is 0.0345. The molecule has 0 aliphatic rings. The first kappa shape index (κ1) is 18.5. The van der Waals surface area contributed by atoms with E-state index in [2.05, 4.69) is 83.3 Å². The van der Waals surface area contributed by atoms with Crippen LogP contribution in [-0.2, 0) is 7.05 Å². The van der Waals surface area contributed by atoms with Crippen molar-refractivity contribution in [3.05, 3.63) is 109 Å². The molecule has 3 heteroatoms. The summed E-state index contributed by atoms with van der Waals surface area (Å²) in [7, 11) is 2.12. The third-order valence-corrected chi connectivity index (χ3v) is 6.10. The Morgan fingerprint density at radius 2 is 1.38 bits per heavy atom. The molecule has 3 heterocycles.